The molecule has 0 radical (unpaired) electrons. The van der Waals surface area contributed by atoms with Crippen LogP contribution in [0.25, 0.3) is 10.8 Å². The van der Waals surface area contributed by atoms with Crippen molar-refractivity contribution in [2.45, 2.75) is 19.6 Å². The fourth-order valence-corrected chi connectivity index (χ4v) is 2.46. The van der Waals surface area contributed by atoms with Crippen LogP contribution in [0, 0.1) is 0 Å². The number of Topliss-reactive ketones (excluding diaryl/α,β-unsaturated/α-hetero) is 1. The van der Waals surface area contributed by atoms with Crippen molar-refractivity contribution in [2.24, 2.45) is 0 Å². The quantitative estimate of drug-likeness (QED) is 0.635. The highest BCUT2D eigenvalue weighted by Crippen LogP contribution is 2.22. The lowest BCUT2D eigenvalue weighted by atomic mass is 10.0. The van der Waals surface area contributed by atoms with E-state index in [4.69, 9.17) is 13.9 Å². The number of fused-ring (bicyclic) bond motifs is 1. The monoisotopic (exact) mass is 340 g/mol. The Morgan fingerprint density at radius 3 is 2.68 bits per heavy atom. The van der Waals surface area contributed by atoms with Gasteiger partial charge < -0.3 is 19.0 Å². The predicted molar refractivity (Wildman–Crippen MR) is 93.8 cm³/mol. The van der Waals surface area contributed by atoms with Crippen LogP contribution in [0.5, 0.6) is 5.75 Å². The lowest BCUT2D eigenvalue weighted by Crippen LogP contribution is -2.23. The molecule has 25 heavy (non-hydrogen) atoms. The molecule has 1 N–H and O–H groups in total. The van der Waals surface area contributed by atoms with Crippen molar-refractivity contribution < 1.29 is 23.8 Å². The average molecular weight is 340 g/mol. The summed E-state index contributed by atoms with van der Waals surface area (Å²) in [5.74, 6) is 1.42. The van der Waals surface area contributed by atoms with Crippen LogP contribution >= 0.6 is 0 Å². The summed E-state index contributed by atoms with van der Waals surface area (Å²) in [7, 11) is 0. The topological polar surface area (TPSA) is 68.9 Å². The third-order valence-corrected chi connectivity index (χ3v) is 3.80. The van der Waals surface area contributed by atoms with Crippen LogP contribution in [0.15, 0.2) is 59.2 Å². The molecule has 0 aliphatic rings. The molecule has 0 amide bonds. The van der Waals surface area contributed by atoms with Crippen LogP contribution in [-0.4, -0.2) is 30.2 Å². The van der Waals surface area contributed by atoms with Crippen LogP contribution in [0.3, 0.4) is 0 Å². The first-order chi connectivity index (χ1) is 12.1. The smallest absolute Gasteiger partial charge is 0.159 e. The Balaban J connectivity index is 1.52. The number of ketones is 1. The summed E-state index contributed by atoms with van der Waals surface area (Å²) in [6.45, 7) is 2.16. The van der Waals surface area contributed by atoms with Gasteiger partial charge in [-0.25, -0.2) is 0 Å². The fraction of sp³-hybridized carbons (Fsp3) is 0.250. The van der Waals surface area contributed by atoms with Gasteiger partial charge in [-0.05, 0) is 48.0 Å². The van der Waals surface area contributed by atoms with Crippen LogP contribution < -0.4 is 4.74 Å². The standard InChI is InChI=1S/C20H20O5/c1-14(21)15-4-5-17-10-19(7-6-16(17)9-15)25-12-18(22)11-23-13-20-3-2-8-24-20/h2-10,18,22H,11-13H2,1H3. The molecule has 2 aromatic carbocycles. The molecule has 0 aliphatic heterocycles. The maximum absolute atomic E-state index is 11.4. The Bertz CT molecular complexity index is 838. The van der Waals surface area contributed by atoms with Crippen LogP contribution in [0.2, 0.25) is 0 Å². The molecule has 1 unspecified atom stereocenters. The van der Waals surface area contributed by atoms with Gasteiger partial charge in [0.2, 0.25) is 0 Å². The molecule has 1 aromatic heterocycles. The molecule has 5 nitrogen and oxygen atoms in total. The normalized spacial score (nSPS) is 12.2. The molecular formula is C20H20O5. The third kappa shape index (κ3) is 4.68. The lowest BCUT2D eigenvalue weighted by molar-refractivity contribution is 0.000901. The van der Waals surface area contributed by atoms with Crippen molar-refractivity contribution in [2.75, 3.05) is 13.2 Å². The number of hydrogen-bond acceptors (Lipinski definition) is 5. The number of ether oxygens (including phenoxy) is 2. The number of aliphatic hydroxyl groups is 1. The maximum atomic E-state index is 11.4. The highest BCUT2D eigenvalue weighted by molar-refractivity contribution is 5.98. The van der Waals surface area contributed by atoms with E-state index in [2.05, 4.69) is 0 Å². The second kappa shape index (κ2) is 7.96. The van der Waals surface area contributed by atoms with Gasteiger partial charge in [0.15, 0.2) is 5.78 Å². The Morgan fingerprint density at radius 2 is 1.92 bits per heavy atom. The number of aliphatic hydroxyl groups excluding tert-OH is 1. The zero-order chi connectivity index (χ0) is 17.6. The third-order valence-electron chi connectivity index (χ3n) is 3.80. The van der Waals surface area contributed by atoms with Gasteiger partial charge in [0, 0.05) is 5.56 Å². The summed E-state index contributed by atoms with van der Waals surface area (Å²) >= 11 is 0. The van der Waals surface area contributed by atoms with Crippen molar-refractivity contribution in [3.8, 4) is 5.75 Å². The van der Waals surface area contributed by atoms with E-state index in [1.807, 2.05) is 36.4 Å². The minimum Gasteiger partial charge on any atom is -0.491 e. The first-order valence-corrected chi connectivity index (χ1v) is 8.07. The van der Waals surface area contributed by atoms with E-state index < -0.39 is 6.10 Å². The second-order valence-corrected chi connectivity index (χ2v) is 5.84. The van der Waals surface area contributed by atoms with Gasteiger partial charge in [0.25, 0.3) is 0 Å². The summed E-state index contributed by atoms with van der Waals surface area (Å²) in [6.07, 6.45) is 0.850. The van der Waals surface area contributed by atoms with E-state index in [0.29, 0.717) is 23.7 Å². The van der Waals surface area contributed by atoms with E-state index in [9.17, 15) is 9.90 Å². The largest absolute Gasteiger partial charge is 0.491 e. The molecule has 1 atom stereocenters. The summed E-state index contributed by atoms with van der Waals surface area (Å²) in [5, 5.41) is 11.9. The zero-order valence-corrected chi connectivity index (χ0v) is 14.0. The van der Waals surface area contributed by atoms with Crippen molar-refractivity contribution in [3.05, 3.63) is 66.1 Å². The number of carbonyl (C=O) groups is 1. The number of carbonyl (C=O) groups excluding carboxylic acids is 1. The van der Waals surface area contributed by atoms with Gasteiger partial charge in [-0.1, -0.05) is 18.2 Å². The van der Waals surface area contributed by atoms with E-state index in [-0.39, 0.29) is 19.0 Å². The van der Waals surface area contributed by atoms with E-state index in [1.54, 1.807) is 25.3 Å². The van der Waals surface area contributed by atoms with E-state index in [0.717, 1.165) is 10.8 Å². The van der Waals surface area contributed by atoms with E-state index in [1.165, 1.54) is 0 Å². The van der Waals surface area contributed by atoms with Crippen molar-refractivity contribution in [3.63, 3.8) is 0 Å². The Hall–Kier alpha value is -2.63. The minimum absolute atomic E-state index is 0.0416. The Morgan fingerprint density at radius 1 is 1.12 bits per heavy atom. The van der Waals surface area contributed by atoms with Crippen molar-refractivity contribution in [1.29, 1.82) is 0 Å². The highest BCUT2D eigenvalue weighted by atomic mass is 16.5. The molecule has 0 bridgehead atoms. The van der Waals surface area contributed by atoms with Crippen LogP contribution in [0.4, 0.5) is 0 Å². The number of hydrogen-bond donors (Lipinski definition) is 1. The Labute approximate surface area is 145 Å². The number of rotatable bonds is 8. The first-order valence-electron chi connectivity index (χ1n) is 8.07. The molecule has 1 heterocycles. The zero-order valence-electron chi connectivity index (χ0n) is 14.0. The van der Waals surface area contributed by atoms with Gasteiger partial charge in [0.1, 0.15) is 30.8 Å². The molecule has 0 saturated carbocycles. The summed E-state index contributed by atoms with van der Waals surface area (Å²) in [4.78, 5) is 11.4. The van der Waals surface area contributed by atoms with Gasteiger partial charge in [-0.3, -0.25) is 4.79 Å². The maximum Gasteiger partial charge on any atom is 0.159 e. The SMILES string of the molecule is CC(=O)c1ccc2cc(OCC(O)COCc3ccco3)ccc2c1. The molecule has 0 fully saturated rings. The van der Waals surface area contributed by atoms with Crippen LogP contribution in [-0.2, 0) is 11.3 Å². The molecule has 0 saturated heterocycles. The summed E-state index contributed by atoms with van der Waals surface area (Å²) < 4.78 is 16.1. The van der Waals surface area contributed by atoms with Gasteiger partial charge in [0.05, 0.1) is 12.9 Å². The molecule has 0 spiro atoms. The predicted octanol–water partition coefficient (Wildman–Crippen LogP) is 3.59. The molecular weight excluding hydrogens is 320 g/mol. The average Bonchev–Trinajstić information content (AvgIpc) is 3.12. The number of benzene rings is 2. The highest BCUT2D eigenvalue weighted by Gasteiger charge is 2.08. The molecule has 0 aliphatic carbocycles. The second-order valence-electron chi connectivity index (χ2n) is 5.84. The fourth-order valence-electron chi connectivity index (χ4n) is 2.46. The molecule has 3 rings (SSSR count). The van der Waals surface area contributed by atoms with Crippen molar-refractivity contribution >= 4 is 16.6 Å². The van der Waals surface area contributed by atoms with Gasteiger partial charge in [-0.2, -0.15) is 0 Å². The molecule has 3 aromatic rings. The summed E-state index contributed by atoms with van der Waals surface area (Å²) in [5.41, 5.74) is 0.685. The van der Waals surface area contributed by atoms with Gasteiger partial charge in [-0.15, -0.1) is 0 Å². The number of furan rings is 1. The van der Waals surface area contributed by atoms with E-state index >= 15 is 0 Å². The minimum atomic E-state index is -0.731. The van der Waals surface area contributed by atoms with Crippen LogP contribution in [0.1, 0.15) is 23.0 Å². The lowest BCUT2D eigenvalue weighted by Gasteiger charge is -2.13. The summed E-state index contributed by atoms with van der Waals surface area (Å²) in [6, 6.07) is 14.8. The molecule has 130 valence electrons. The molecule has 5 heteroatoms. The first kappa shape index (κ1) is 17.2. The van der Waals surface area contributed by atoms with Gasteiger partial charge >= 0.3 is 0 Å². The van der Waals surface area contributed by atoms with Crippen molar-refractivity contribution in [1.82, 2.24) is 0 Å². The Kier molecular flexibility index (Phi) is 5.48.